The number of benzene rings is 10. The molecule has 4 heterocycles. The number of aromatic nitrogens is 3. The first-order chi connectivity index (χ1) is 31.7. The molecule has 0 fully saturated rings. The molecule has 0 aliphatic heterocycles. The third kappa shape index (κ3) is 5.11. The summed E-state index contributed by atoms with van der Waals surface area (Å²) in [5, 5.41) is 9.63. The first kappa shape index (κ1) is 35.0. The molecule has 0 saturated carbocycles. The van der Waals surface area contributed by atoms with Crippen LogP contribution in [0.3, 0.4) is 0 Å². The van der Waals surface area contributed by atoms with Gasteiger partial charge in [-0.1, -0.05) is 127 Å². The monoisotopic (exact) mass is 815 g/mol. The Balaban J connectivity index is 1.06. The van der Waals surface area contributed by atoms with Crippen LogP contribution in [0.15, 0.2) is 229 Å². The molecule has 4 heteroatoms. The molecule has 10 aromatic carbocycles. The van der Waals surface area contributed by atoms with Crippen LogP contribution in [-0.4, -0.2) is 13.7 Å². The molecular formula is C60H37N3O. The van der Waals surface area contributed by atoms with Crippen molar-refractivity contribution in [3.8, 4) is 39.3 Å². The zero-order valence-corrected chi connectivity index (χ0v) is 34.6. The van der Waals surface area contributed by atoms with E-state index >= 15 is 0 Å². The first-order valence-electron chi connectivity index (χ1n) is 21.9. The summed E-state index contributed by atoms with van der Waals surface area (Å²) in [7, 11) is 0. The predicted molar refractivity (Wildman–Crippen MR) is 268 cm³/mol. The maximum Gasteiger partial charge on any atom is 0.135 e. The van der Waals surface area contributed by atoms with Crippen LogP contribution in [0, 0.1) is 0 Å². The van der Waals surface area contributed by atoms with Gasteiger partial charge in [0, 0.05) is 60.2 Å². The van der Waals surface area contributed by atoms with E-state index in [1.165, 1.54) is 59.9 Å². The van der Waals surface area contributed by atoms with E-state index in [4.69, 9.17) is 4.42 Å². The van der Waals surface area contributed by atoms with E-state index in [1.54, 1.807) is 0 Å². The Morgan fingerprint density at radius 2 is 0.641 bits per heavy atom. The Labute approximate surface area is 367 Å². The van der Waals surface area contributed by atoms with Gasteiger partial charge in [-0.15, -0.1) is 0 Å². The van der Waals surface area contributed by atoms with Crippen molar-refractivity contribution >= 4 is 87.4 Å². The standard InChI is InChI=1S/C60H37N3O/c1-2-14-38(15-3-1)40-32-41(39-26-31-60-52(35-39)49-20-8-13-25-59(49)64-60)34-44(33-40)63-57-29-27-42(61-53-21-9-4-16-45(53)46-17-5-10-22-54(46)61)36-50(57)51-37-43(28-30-58(51)63)62-55-23-11-6-18-47(55)48-19-7-12-24-56(48)62/h1-37H. The lowest BCUT2D eigenvalue weighted by molar-refractivity contribution is 0.669. The molecule has 64 heavy (non-hydrogen) atoms. The maximum atomic E-state index is 6.28. The number of hydrogen-bond donors (Lipinski definition) is 0. The van der Waals surface area contributed by atoms with E-state index in [0.29, 0.717) is 0 Å². The molecule has 0 aliphatic carbocycles. The van der Waals surface area contributed by atoms with Crippen molar-refractivity contribution in [2.75, 3.05) is 0 Å². The summed E-state index contributed by atoms with van der Waals surface area (Å²) in [6.07, 6.45) is 0. The molecule has 0 bridgehead atoms. The minimum atomic E-state index is 0.893. The van der Waals surface area contributed by atoms with E-state index < -0.39 is 0 Å². The summed E-state index contributed by atoms with van der Waals surface area (Å²) in [5.74, 6) is 0. The van der Waals surface area contributed by atoms with Crippen molar-refractivity contribution in [3.05, 3.63) is 224 Å². The van der Waals surface area contributed by atoms with Gasteiger partial charge in [0.05, 0.1) is 33.1 Å². The molecule has 0 amide bonds. The fourth-order valence-electron chi connectivity index (χ4n) is 10.6. The fraction of sp³-hybridized carbons (Fsp3) is 0. The molecule has 14 aromatic rings. The predicted octanol–water partition coefficient (Wildman–Crippen LogP) is 16.2. The first-order valence-corrected chi connectivity index (χ1v) is 21.9. The molecule has 14 rings (SSSR count). The third-order valence-electron chi connectivity index (χ3n) is 13.4. The van der Waals surface area contributed by atoms with Crippen molar-refractivity contribution < 1.29 is 4.42 Å². The Morgan fingerprint density at radius 3 is 1.19 bits per heavy atom. The summed E-state index contributed by atoms with van der Waals surface area (Å²) in [4.78, 5) is 0. The van der Waals surface area contributed by atoms with Crippen molar-refractivity contribution in [2.24, 2.45) is 0 Å². The van der Waals surface area contributed by atoms with Crippen LogP contribution in [0.4, 0.5) is 0 Å². The molecule has 0 saturated heterocycles. The van der Waals surface area contributed by atoms with E-state index in [1.807, 2.05) is 12.1 Å². The Morgan fingerprint density at radius 1 is 0.219 bits per heavy atom. The van der Waals surface area contributed by atoms with Gasteiger partial charge in [-0.05, 0) is 119 Å². The number of rotatable bonds is 5. The van der Waals surface area contributed by atoms with Gasteiger partial charge in [0.1, 0.15) is 11.2 Å². The average molecular weight is 816 g/mol. The maximum absolute atomic E-state index is 6.28. The summed E-state index contributed by atoms with van der Waals surface area (Å²) in [5.41, 5.74) is 16.8. The lowest BCUT2D eigenvalue weighted by atomic mass is 9.97. The minimum absolute atomic E-state index is 0.893. The second-order valence-corrected chi connectivity index (χ2v) is 16.9. The van der Waals surface area contributed by atoms with E-state index in [0.717, 1.165) is 66.7 Å². The van der Waals surface area contributed by atoms with Crippen LogP contribution in [-0.2, 0) is 0 Å². The van der Waals surface area contributed by atoms with Crippen molar-refractivity contribution in [1.82, 2.24) is 13.7 Å². The van der Waals surface area contributed by atoms with Gasteiger partial charge in [-0.2, -0.15) is 0 Å². The molecule has 0 aliphatic rings. The van der Waals surface area contributed by atoms with Crippen molar-refractivity contribution in [2.45, 2.75) is 0 Å². The van der Waals surface area contributed by atoms with Gasteiger partial charge < -0.3 is 18.1 Å². The SMILES string of the molecule is c1ccc(-c2cc(-c3ccc4oc5ccccc5c4c3)cc(-n3c4ccc(-n5c6ccccc6c6ccccc65)cc4c4cc(-n5c6ccccc6c6ccccc65)ccc43)c2)cc1. The zero-order valence-electron chi connectivity index (χ0n) is 34.6. The number of furan rings is 1. The summed E-state index contributed by atoms with van der Waals surface area (Å²) in [6, 6.07) is 81.8. The van der Waals surface area contributed by atoms with E-state index in [-0.39, 0.29) is 0 Å². The molecule has 4 nitrogen and oxygen atoms in total. The largest absolute Gasteiger partial charge is 0.456 e. The summed E-state index contributed by atoms with van der Waals surface area (Å²) >= 11 is 0. The summed E-state index contributed by atoms with van der Waals surface area (Å²) in [6.45, 7) is 0. The highest BCUT2D eigenvalue weighted by Gasteiger charge is 2.20. The Bertz CT molecular complexity index is 3920. The van der Waals surface area contributed by atoms with Crippen molar-refractivity contribution in [3.63, 3.8) is 0 Å². The van der Waals surface area contributed by atoms with Crippen molar-refractivity contribution in [1.29, 1.82) is 0 Å². The van der Waals surface area contributed by atoms with E-state index in [9.17, 15) is 0 Å². The molecule has 0 atom stereocenters. The molecule has 0 N–H and O–H groups in total. The molecule has 0 radical (unpaired) electrons. The summed E-state index contributed by atoms with van der Waals surface area (Å²) < 4.78 is 13.6. The molecule has 0 unspecified atom stereocenters. The Hall–Kier alpha value is -8.60. The Kier molecular flexibility index (Phi) is 7.36. The number of fused-ring (bicyclic) bond motifs is 12. The van der Waals surface area contributed by atoms with Gasteiger partial charge >= 0.3 is 0 Å². The van der Waals surface area contributed by atoms with E-state index in [2.05, 4.69) is 226 Å². The topological polar surface area (TPSA) is 27.9 Å². The highest BCUT2D eigenvalue weighted by Crippen LogP contribution is 2.42. The van der Waals surface area contributed by atoms with Gasteiger partial charge in [0.15, 0.2) is 0 Å². The van der Waals surface area contributed by atoms with Gasteiger partial charge in [0.25, 0.3) is 0 Å². The molecular weight excluding hydrogens is 779 g/mol. The van der Waals surface area contributed by atoms with Crippen LogP contribution >= 0.6 is 0 Å². The lowest BCUT2D eigenvalue weighted by Crippen LogP contribution is -1.97. The number of para-hydroxylation sites is 5. The number of hydrogen-bond acceptors (Lipinski definition) is 1. The number of nitrogens with zero attached hydrogens (tertiary/aromatic N) is 3. The second kappa shape index (κ2) is 13.4. The van der Waals surface area contributed by atoms with Gasteiger partial charge in [0.2, 0.25) is 0 Å². The van der Waals surface area contributed by atoms with Crippen LogP contribution in [0.5, 0.6) is 0 Å². The molecule has 0 spiro atoms. The third-order valence-corrected chi connectivity index (χ3v) is 13.4. The molecule has 4 aromatic heterocycles. The minimum Gasteiger partial charge on any atom is -0.456 e. The highest BCUT2D eigenvalue weighted by molar-refractivity contribution is 6.14. The van der Waals surface area contributed by atoms with Gasteiger partial charge in [-0.25, -0.2) is 0 Å². The van der Waals surface area contributed by atoms with Crippen LogP contribution < -0.4 is 0 Å². The smallest absolute Gasteiger partial charge is 0.135 e. The molecule has 298 valence electrons. The van der Waals surface area contributed by atoms with Crippen LogP contribution in [0.25, 0.3) is 127 Å². The second-order valence-electron chi connectivity index (χ2n) is 16.9. The quantitative estimate of drug-likeness (QED) is 0.170. The highest BCUT2D eigenvalue weighted by atomic mass is 16.3. The van der Waals surface area contributed by atoms with Crippen LogP contribution in [0.1, 0.15) is 0 Å². The van der Waals surface area contributed by atoms with Gasteiger partial charge in [-0.3, -0.25) is 0 Å². The fourth-order valence-corrected chi connectivity index (χ4v) is 10.6. The van der Waals surface area contributed by atoms with Crippen LogP contribution in [0.2, 0.25) is 0 Å². The lowest BCUT2D eigenvalue weighted by Gasteiger charge is -2.15. The average Bonchev–Trinajstić information content (AvgIpc) is 4.10. The zero-order chi connectivity index (χ0) is 41.9. The normalized spacial score (nSPS) is 12.1.